The SMILES string of the molecule is Nc1ccc(Oc2ccc(C(F)(F)F)cc2Cl)cc1OCCl. The van der Waals surface area contributed by atoms with Gasteiger partial charge in [-0.1, -0.05) is 23.2 Å². The Balaban J connectivity index is 2.26. The normalized spacial score (nSPS) is 11.3. The Kier molecular flexibility index (Phi) is 4.93. The lowest BCUT2D eigenvalue weighted by molar-refractivity contribution is -0.137. The molecule has 0 spiro atoms. The van der Waals surface area contributed by atoms with E-state index in [1.54, 1.807) is 0 Å². The average Bonchev–Trinajstić information content (AvgIpc) is 2.44. The molecule has 118 valence electrons. The molecule has 0 saturated carbocycles. The molecule has 0 saturated heterocycles. The Morgan fingerprint density at radius 2 is 1.77 bits per heavy atom. The highest BCUT2D eigenvalue weighted by Gasteiger charge is 2.31. The van der Waals surface area contributed by atoms with E-state index in [0.29, 0.717) is 17.2 Å². The maximum atomic E-state index is 12.6. The number of alkyl halides is 4. The van der Waals surface area contributed by atoms with Crippen LogP contribution in [0.3, 0.4) is 0 Å². The maximum absolute atomic E-state index is 12.6. The highest BCUT2D eigenvalue weighted by Crippen LogP contribution is 2.37. The van der Waals surface area contributed by atoms with E-state index >= 15 is 0 Å². The van der Waals surface area contributed by atoms with Gasteiger partial charge in [-0.15, -0.1) is 0 Å². The van der Waals surface area contributed by atoms with Gasteiger partial charge in [-0.05, 0) is 30.3 Å². The molecule has 2 aromatic rings. The van der Waals surface area contributed by atoms with Crippen molar-refractivity contribution in [2.45, 2.75) is 6.18 Å². The fourth-order valence-corrected chi connectivity index (χ4v) is 1.99. The summed E-state index contributed by atoms with van der Waals surface area (Å²) >= 11 is 11.3. The van der Waals surface area contributed by atoms with Crippen molar-refractivity contribution in [2.75, 3.05) is 11.8 Å². The van der Waals surface area contributed by atoms with Crippen molar-refractivity contribution in [2.24, 2.45) is 0 Å². The zero-order valence-electron chi connectivity index (χ0n) is 11.0. The van der Waals surface area contributed by atoms with E-state index in [2.05, 4.69) is 0 Å². The summed E-state index contributed by atoms with van der Waals surface area (Å²) in [5, 5.41) is -0.161. The lowest BCUT2D eigenvalue weighted by atomic mass is 10.2. The van der Waals surface area contributed by atoms with Crippen LogP contribution in [0.1, 0.15) is 5.56 Å². The highest BCUT2D eigenvalue weighted by atomic mass is 35.5. The molecule has 0 aliphatic carbocycles. The first-order valence-electron chi connectivity index (χ1n) is 5.94. The molecule has 0 radical (unpaired) electrons. The van der Waals surface area contributed by atoms with Crippen LogP contribution in [0.2, 0.25) is 5.02 Å². The summed E-state index contributed by atoms with van der Waals surface area (Å²) in [5.41, 5.74) is 5.18. The summed E-state index contributed by atoms with van der Waals surface area (Å²) in [4.78, 5) is 0. The Labute approximate surface area is 134 Å². The smallest absolute Gasteiger partial charge is 0.416 e. The number of nitrogens with two attached hydrogens (primary N) is 1. The molecule has 0 atom stereocenters. The molecule has 0 unspecified atom stereocenters. The van der Waals surface area contributed by atoms with Crippen LogP contribution in [0.5, 0.6) is 17.2 Å². The standard InChI is InChI=1S/C14H10Cl2F3NO2/c15-7-21-13-6-9(2-3-11(13)20)22-12-4-1-8(5-10(12)16)14(17,18)19/h1-6H,7,20H2. The van der Waals surface area contributed by atoms with Gasteiger partial charge in [-0.25, -0.2) is 0 Å². The van der Waals surface area contributed by atoms with Crippen LogP contribution in [-0.4, -0.2) is 6.07 Å². The van der Waals surface area contributed by atoms with Crippen molar-refractivity contribution in [3.63, 3.8) is 0 Å². The molecule has 0 bridgehead atoms. The highest BCUT2D eigenvalue weighted by molar-refractivity contribution is 6.32. The van der Waals surface area contributed by atoms with Crippen molar-refractivity contribution < 1.29 is 22.6 Å². The van der Waals surface area contributed by atoms with E-state index in [4.69, 9.17) is 38.4 Å². The average molecular weight is 352 g/mol. The van der Waals surface area contributed by atoms with Crippen LogP contribution in [0.25, 0.3) is 0 Å². The van der Waals surface area contributed by atoms with Gasteiger partial charge in [-0.2, -0.15) is 13.2 Å². The van der Waals surface area contributed by atoms with Crippen molar-refractivity contribution in [1.29, 1.82) is 0 Å². The predicted molar refractivity (Wildman–Crippen MR) is 78.7 cm³/mol. The summed E-state index contributed by atoms with van der Waals surface area (Å²) in [6.07, 6.45) is -4.47. The van der Waals surface area contributed by atoms with Gasteiger partial charge in [0.1, 0.15) is 17.2 Å². The fourth-order valence-electron chi connectivity index (χ4n) is 1.65. The third-order valence-electron chi connectivity index (χ3n) is 2.68. The maximum Gasteiger partial charge on any atom is 0.416 e. The van der Waals surface area contributed by atoms with Crippen LogP contribution in [0, 0.1) is 0 Å². The summed E-state index contributed by atoms with van der Waals surface area (Å²) in [5.74, 6) is 0.683. The molecule has 0 amide bonds. The second-order valence-corrected chi connectivity index (χ2v) is 4.82. The molecule has 2 aromatic carbocycles. The minimum Gasteiger partial charge on any atom is -0.476 e. The van der Waals surface area contributed by atoms with Gasteiger partial charge < -0.3 is 15.2 Å². The first-order valence-corrected chi connectivity index (χ1v) is 6.85. The number of nitrogen functional groups attached to an aromatic ring is 1. The largest absolute Gasteiger partial charge is 0.476 e. The molecule has 0 aromatic heterocycles. The summed E-state index contributed by atoms with van der Waals surface area (Å²) in [7, 11) is 0. The van der Waals surface area contributed by atoms with Crippen LogP contribution in [0.4, 0.5) is 18.9 Å². The first-order chi connectivity index (χ1) is 10.3. The van der Waals surface area contributed by atoms with Crippen molar-refractivity contribution in [3.05, 3.63) is 47.0 Å². The molecule has 8 heteroatoms. The number of hydrogen-bond acceptors (Lipinski definition) is 3. The molecule has 0 heterocycles. The Hall–Kier alpha value is -1.79. The second-order valence-electron chi connectivity index (χ2n) is 4.20. The minimum atomic E-state index is -4.47. The van der Waals surface area contributed by atoms with E-state index in [9.17, 15) is 13.2 Å². The van der Waals surface area contributed by atoms with Crippen LogP contribution >= 0.6 is 23.2 Å². The number of ether oxygens (including phenoxy) is 2. The minimum absolute atomic E-state index is 0.0799. The molecule has 3 nitrogen and oxygen atoms in total. The monoisotopic (exact) mass is 351 g/mol. The van der Waals surface area contributed by atoms with E-state index < -0.39 is 11.7 Å². The lowest BCUT2D eigenvalue weighted by Gasteiger charge is -2.12. The number of halogens is 5. The number of anilines is 1. The molecule has 2 rings (SSSR count). The molecule has 2 N–H and O–H groups in total. The van der Waals surface area contributed by atoms with E-state index in [0.717, 1.165) is 18.2 Å². The topological polar surface area (TPSA) is 44.5 Å². The Morgan fingerprint density at radius 1 is 1.05 bits per heavy atom. The van der Waals surface area contributed by atoms with Gasteiger partial charge in [-0.3, -0.25) is 0 Å². The van der Waals surface area contributed by atoms with Gasteiger partial charge in [0.15, 0.2) is 6.07 Å². The summed E-state index contributed by atoms with van der Waals surface area (Å²) in [6, 6.07) is 7.24. The fraction of sp³-hybridized carbons (Fsp3) is 0.143. The predicted octanol–water partition coefficient (Wildman–Crippen LogP) is 5.31. The molecule has 0 fully saturated rings. The van der Waals surface area contributed by atoms with Crippen molar-refractivity contribution in [1.82, 2.24) is 0 Å². The number of rotatable bonds is 4. The van der Waals surface area contributed by atoms with Crippen LogP contribution < -0.4 is 15.2 Å². The zero-order chi connectivity index (χ0) is 16.3. The zero-order valence-corrected chi connectivity index (χ0v) is 12.5. The number of hydrogen-bond donors (Lipinski definition) is 1. The van der Waals surface area contributed by atoms with E-state index in [1.807, 2.05) is 0 Å². The van der Waals surface area contributed by atoms with E-state index in [-0.39, 0.29) is 16.8 Å². The quantitative estimate of drug-likeness (QED) is 0.599. The van der Waals surface area contributed by atoms with Crippen LogP contribution in [-0.2, 0) is 6.18 Å². The van der Waals surface area contributed by atoms with E-state index in [1.165, 1.54) is 18.2 Å². The second kappa shape index (κ2) is 6.54. The Morgan fingerprint density at radius 3 is 2.36 bits per heavy atom. The van der Waals surface area contributed by atoms with Crippen molar-refractivity contribution >= 4 is 28.9 Å². The molecular weight excluding hydrogens is 342 g/mol. The van der Waals surface area contributed by atoms with Gasteiger partial charge >= 0.3 is 6.18 Å². The van der Waals surface area contributed by atoms with Gasteiger partial charge in [0.05, 0.1) is 16.3 Å². The Bertz CT molecular complexity index is 678. The van der Waals surface area contributed by atoms with Crippen molar-refractivity contribution in [3.8, 4) is 17.2 Å². The number of benzene rings is 2. The van der Waals surface area contributed by atoms with Gasteiger partial charge in [0.2, 0.25) is 0 Å². The van der Waals surface area contributed by atoms with Crippen LogP contribution in [0.15, 0.2) is 36.4 Å². The van der Waals surface area contributed by atoms with Gasteiger partial charge in [0, 0.05) is 6.07 Å². The van der Waals surface area contributed by atoms with Gasteiger partial charge in [0.25, 0.3) is 0 Å². The molecule has 0 aliphatic heterocycles. The summed E-state index contributed by atoms with van der Waals surface area (Å²) in [6.45, 7) is 0. The molecule has 22 heavy (non-hydrogen) atoms. The molecular formula is C14H10Cl2F3NO2. The first kappa shape index (κ1) is 16.6. The third kappa shape index (κ3) is 3.90. The summed E-state index contributed by atoms with van der Waals surface area (Å²) < 4.78 is 48.2. The lowest BCUT2D eigenvalue weighted by Crippen LogP contribution is -2.04. The third-order valence-corrected chi connectivity index (χ3v) is 3.09. The molecule has 0 aliphatic rings.